The molecule has 2 aromatic rings. The number of Topliss-reactive ketones (excluding diaryl/α,β-unsaturated/α-hetero) is 2. The van der Waals surface area contributed by atoms with Crippen LogP contribution in [0.25, 0.3) is 5.32 Å². The number of nitrogens with one attached hydrogen (secondary N) is 3. The van der Waals surface area contributed by atoms with Crippen molar-refractivity contribution >= 4 is 34.7 Å². The molecule has 14 heteroatoms. The van der Waals surface area contributed by atoms with Crippen LogP contribution in [-0.2, 0) is 108 Å². The normalized spacial score (nSPS) is 15.3. The van der Waals surface area contributed by atoms with Crippen LogP contribution >= 0.6 is 0 Å². The molecule has 3 N–H and O–H groups in total. The Labute approximate surface area is 290 Å². The molecule has 37 heavy (non-hydrogen) atoms. The largest absolute Gasteiger partial charge is 0.683 e. The van der Waals surface area contributed by atoms with Crippen molar-refractivity contribution < 1.29 is 117 Å². The SMILES string of the molecule is CC(=O)C([18F])C[C@H](NC(=O)c1ccc([N-]CC2CNc3nc(C)[nH]c(=O)c3N2C)cc1)C(C)=O.[Y].[Y].[Y]. The molecule has 2 heterocycles. The average Bonchev–Trinajstić information content (AvgIpc) is 2.77. The van der Waals surface area contributed by atoms with Crippen molar-refractivity contribution in [2.24, 2.45) is 0 Å². The van der Waals surface area contributed by atoms with Crippen molar-refractivity contribution in [3.63, 3.8) is 0 Å². The Bertz CT molecular complexity index is 1150. The van der Waals surface area contributed by atoms with Gasteiger partial charge < -0.3 is 25.8 Å². The van der Waals surface area contributed by atoms with Crippen LogP contribution in [0.1, 0.15) is 36.5 Å². The maximum Gasteiger partial charge on any atom is 0.276 e. The second-order valence-electron chi connectivity index (χ2n) is 8.33. The molecule has 191 valence electrons. The number of amides is 1. The number of hydrogen-bond acceptors (Lipinski definition) is 7. The summed E-state index contributed by atoms with van der Waals surface area (Å²) >= 11 is 0. The molecular formula is C23H28FN6O4Y3-. The molecule has 0 bridgehead atoms. The summed E-state index contributed by atoms with van der Waals surface area (Å²) < 4.78 is 13.7. The van der Waals surface area contributed by atoms with Gasteiger partial charge in [-0.3, -0.25) is 19.2 Å². The molecule has 3 rings (SSSR count). The molecule has 1 aliphatic heterocycles. The van der Waals surface area contributed by atoms with E-state index in [-0.39, 0.29) is 115 Å². The van der Waals surface area contributed by atoms with Gasteiger partial charge in [0.05, 0.1) is 6.04 Å². The first-order valence-corrected chi connectivity index (χ1v) is 10.9. The number of fused-ring (bicyclic) bond motifs is 1. The minimum Gasteiger partial charge on any atom is -0.683 e. The van der Waals surface area contributed by atoms with Gasteiger partial charge in [0.15, 0.2) is 23.6 Å². The Morgan fingerprint density at radius 3 is 2.35 bits per heavy atom. The van der Waals surface area contributed by atoms with Gasteiger partial charge in [0.25, 0.3) is 11.5 Å². The van der Waals surface area contributed by atoms with E-state index in [0.717, 1.165) is 6.92 Å². The van der Waals surface area contributed by atoms with Gasteiger partial charge in [-0.25, -0.2) is 9.37 Å². The van der Waals surface area contributed by atoms with E-state index in [1.54, 1.807) is 31.2 Å². The second kappa shape index (κ2) is 16.6. The minimum atomic E-state index is -1.81. The number of likely N-dealkylation sites (N-methyl/N-ethyl adjacent to an activating group) is 1. The number of H-pyrrole nitrogens is 1. The third kappa shape index (κ3) is 9.91. The first kappa shape index (κ1) is 36.6. The minimum absolute atomic E-state index is 0. The summed E-state index contributed by atoms with van der Waals surface area (Å²) in [4.78, 5) is 56.6. The molecule has 3 atom stereocenters. The van der Waals surface area contributed by atoms with Crippen LogP contribution in [0.4, 0.5) is 21.6 Å². The number of hydrogen-bond donors (Lipinski definition) is 3. The molecule has 0 saturated heterocycles. The molecule has 1 amide bonds. The molecule has 3 radical (unpaired) electrons. The average molecular weight is 737 g/mol. The number of aromatic nitrogens is 2. The van der Waals surface area contributed by atoms with E-state index in [0.29, 0.717) is 36.1 Å². The third-order valence-electron chi connectivity index (χ3n) is 5.71. The van der Waals surface area contributed by atoms with Crippen LogP contribution < -0.4 is 21.1 Å². The monoisotopic (exact) mass is 737 g/mol. The predicted octanol–water partition coefficient (Wildman–Crippen LogP) is 2.01. The Hall–Kier alpha value is -0.448. The Balaban J connectivity index is 0.00000432. The summed E-state index contributed by atoms with van der Waals surface area (Å²) in [7, 11) is 1.82. The van der Waals surface area contributed by atoms with Crippen molar-refractivity contribution in [3.8, 4) is 0 Å². The zero-order valence-electron chi connectivity index (χ0n) is 21.2. The molecule has 0 fully saturated rings. The van der Waals surface area contributed by atoms with E-state index in [9.17, 15) is 23.6 Å². The van der Waals surface area contributed by atoms with E-state index in [4.69, 9.17) is 0 Å². The quantitative estimate of drug-likeness (QED) is 0.358. The maximum absolute atomic E-state index is 13.7. The number of carbonyl (C=O) groups is 3. The molecule has 1 aliphatic rings. The molecule has 1 aromatic carbocycles. The van der Waals surface area contributed by atoms with Crippen molar-refractivity contribution in [2.75, 3.05) is 30.4 Å². The molecule has 0 aliphatic carbocycles. The molecule has 0 spiro atoms. The van der Waals surface area contributed by atoms with Crippen LogP contribution in [0.15, 0.2) is 29.1 Å². The number of aromatic amines is 1. The van der Waals surface area contributed by atoms with Gasteiger partial charge in [-0.15, -0.1) is 12.2 Å². The molecule has 2 unspecified atom stereocenters. The summed E-state index contributed by atoms with van der Waals surface area (Å²) in [5.41, 5.74) is 1.16. The Morgan fingerprint density at radius 1 is 1.16 bits per heavy atom. The summed E-state index contributed by atoms with van der Waals surface area (Å²) in [5.74, 6) is -0.585. The van der Waals surface area contributed by atoms with Gasteiger partial charge in [-0.2, -0.15) is 0 Å². The molecular weight excluding hydrogens is 709 g/mol. The number of nitrogens with zero attached hydrogens (tertiary/aromatic N) is 3. The topological polar surface area (TPSA) is 138 Å². The predicted molar refractivity (Wildman–Crippen MR) is 127 cm³/mol. The summed E-state index contributed by atoms with van der Waals surface area (Å²) in [6, 6.07) is 5.26. The van der Waals surface area contributed by atoms with Crippen LogP contribution in [-0.4, -0.2) is 65.8 Å². The van der Waals surface area contributed by atoms with E-state index in [2.05, 4.69) is 25.9 Å². The Kier molecular flexibility index (Phi) is 16.4. The van der Waals surface area contributed by atoms with E-state index in [1.807, 2.05) is 11.9 Å². The van der Waals surface area contributed by atoms with Crippen LogP contribution in [0.2, 0.25) is 0 Å². The standard InChI is InChI=1S/C23H29FN6O4.3Y/c1-12(31)18(24)9-19(13(2)32)29-22(33)15-5-7-16(8-6-15)25-10-17-11-26-21-20(30(17)4)23(34)28-14(3)27-21;;;/h5-8,17-19H,9-11H2,1-4H3,(H4,25,26,27,28,29,33,34);;;/p-1/t17?,18?,19-;;;/m0.../s1/i24-1;;;. The zero-order valence-corrected chi connectivity index (χ0v) is 29.8. The van der Waals surface area contributed by atoms with Gasteiger partial charge in [-0.1, -0.05) is 24.3 Å². The zero-order chi connectivity index (χ0) is 25.0. The first-order valence-electron chi connectivity index (χ1n) is 10.9. The van der Waals surface area contributed by atoms with Gasteiger partial charge in [-0.05, 0) is 20.8 Å². The number of rotatable bonds is 9. The number of anilines is 2. The van der Waals surface area contributed by atoms with E-state index < -0.39 is 36.1 Å². The number of carbonyl (C=O) groups excluding carboxylic acids is 3. The smallest absolute Gasteiger partial charge is 0.276 e. The van der Waals surface area contributed by atoms with Crippen LogP contribution in [0, 0.1) is 6.92 Å². The van der Waals surface area contributed by atoms with Crippen LogP contribution in [0.3, 0.4) is 0 Å². The number of halogens is 1. The third-order valence-corrected chi connectivity index (χ3v) is 5.71. The summed E-state index contributed by atoms with van der Waals surface area (Å²) in [5, 5.41) is 10.2. The number of benzene rings is 1. The molecule has 1 aromatic heterocycles. The van der Waals surface area contributed by atoms with Gasteiger partial charge in [0.1, 0.15) is 11.5 Å². The number of alkyl halides is 1. The van der Waals surface area contributed by atoms with Crippen molar-refractivity contribution in [1.82, 2.24) is 15.3 Å². The van der Waals surface area contributed by atoms with Crippen LogP contribution in [0.5, 0.6) is 0 Å². The molecule has 0 saturated carbocycles. The van der Waals surface area contributed by atoms with E-state index >= 15 is 0 Å². The molecule has 10 nitrogen and oxygen atoms in total. The maximum atomic E-state index is 13.7. The van der Waals surface area contributed by atoms with Gasteiger partial charge >= 0.3 is 0 Å². The fourth-order valence-electron chi connectivity index (χ4n) is 3.62. The number of aryl methyl sites for hydroxylation is 1. The first-order chi connectivity index (χ1) is 16.1. The summed E-state index contributed by atoms with van der Waals surface area (Å²) in [6.07, 6.45) is -2.21. The van der Waals surface area contributed by atoms with Crippen molar-refractivity contribution in [2.45, 2.75) is 45.4 Å². The fourth-order valence-corrected chi connectivity index (χ4v) is 3.62. The summed E-state index contributed by atoms with van der Waals surface area (Å²) in [6.45, 7) is 5.02. The van der Waals surface area contributed by atoms with Crippen molar-refractivity contribution in [1.29, 1.82) is 0 Å². The fraction of sp³-hybridized carbons (Fsp3) is 0.435. The van der Waals surface area contributed by atoms with Gasteiger partial charge in [0, 0.05) is 130 Å². The second-order valence-corrected chi connectivity index (χ2v) is 8.33. The number of ketones is 2. The van der Waals surface area contributed by atoms with Gasteiger partial charge in [0.2, 0.25) is 0 Å². The van der Waals surface area contributed by atoms with Crippen molar-refractivity contribution in [3.05, 3.63) is 51.3 Å². The Morgan fingerprint density at radius 2 is 1.78 bits per heavy atom. The van der Waals surface area contributed by atoms with E-state index in [1.165, 1.54) is 6.92 Å².